The van der Waals surface area contributed by atoms with Crippen molar-refractivity contribution in [3.63, 3.8) is 0 Å². The highest BCUT2D eigenvalue weighted by Gasteiger charge is 2.33. The lowest BCUT2D eigenvalue weighted by atomic mass is 10.1. The number of carbonyl (C=O) groups excluding carboxylic acids is 2. The van der Waals surface area contributed by atoms with Crippen LogP contribution in [0.5, 0.6) is 0 Å². The standard InChI is InChI=1S/C50H43F6N7O6S2.BrH/c1-31-43(70(68)39-17-13-33(29-57)14-18-39)27-41(47(66)61(31)37-11-5-9-35(25-37)49(51,52)53)45(64)59-21-7-23-63(3,4)24-8-22-60-46(65)42-28-44(71(69)40-19-15-34(30-58)16-20-40)32(2)62(48(42)67)38-12-6-10-36(26-38)50(54,55)56;/h5-6,9-20,25-28H,7-8,21-24H2,1-4H3,(H-,59,60,64,65);1H. The highest BCUT2D eigenvalue weighted by atomic mass is 79.9. The summed E-state index contributed by atoms with van der Waals surface area (Å²) in [4.78, 5) is 55.6. The Morgan fingerprint density at radius 1 is 0.597 bits per heavy atom. The zero-order valence-corrected chi connectivity index (χ0v) is 42.0. The maximum absolute atomic E-state index is 13.9. The highest BCUT2D eigenvalue weighted by Crippen LogP contribution is 2.33. The number of nitriles is 2. The normalized spacial score (nSPS) is 12.4. The van der Waals surface area contributed by atoms with E-state index in [1.807, 2.05) is 26.2 Å². The van der Waals surface area contributed by atoms with Gasteiger partial charge in [-0.2, -0.15) is 36.9 Å². The van der Waals surface area contributed by atoms with Gasteiger partial charge in [-0.3, -0.25) is 28.3 Å². The number of quaternary nitrogens is 1. The van der Waals surface area contributed by atoms with Gasteiger partial charge >= 0.3 is 12.4 Å². The van der Waals surface area contributed by atoms with Crippen LogP contribution in [0.25, 0.3) is 11.4 Å². The molecule has 0 fully saturated rings. The second-order valence-corrected chi connectivity index (χ2v) is 19.7. The molecule has 2 aromatic heterocycles. The minimum absolute atomic E-state index is 0. The van der Waals surface area contributed by atoms with Crippen LogP contribution >= 0.6 is 0 Å². The summed E-state index contributed by atoms with van der Waals surface area (Å²) in [6.07, 6.45) is -8.79. The van der Waals surface area contributed by atoms with Crippen LogP contribution in [0, 0.1) is 36.5 Å². The maximum Gasteiger partial charge on any atom is 0.416 e. The molecular formula is C50H44BrF6N7O6S2. The number of aromatic nitrogens is 2. The molecule has 22 heteroatoms. The number of benzene rings is 4. The van der Waals surface area contributed by atoms with E-state index in [9.17, 15) is 64.5 Å². The lowest BCUT2D eigenvalue weighted by Gasteiger charge is -2.30. The predicted octanol–water partition coefficient (Wildman–Crippen LogP) is 4.74. The Morgan fingerprint density at radius 3 is 1.26 bits per heavy atom. The van der Waals surface area contributed by atoms with Crippen molar-refractivity contribution in [3.05, 3.63) is 175 Å². The van der Waals surface area contributed by atoms with Crippen LogP contribution in [0.1, 0.15) is 67.2 Å². The third kappa shape index (κ3) is 12.9. The highest BCUT2D eigenvalue weighted by molar-refractivity contribution is 7.85. The summed E-state index contributed by atoms with van der Waals surface area (Å²) in [6.45, 7) is 3.78. The summed E-state index contributed by atoms with van der Waals surface area (Å²) in [6, 6.07) is 25.5. The minimum atomic E-state index is -4.76. The number of rotatable bonds is 16. The van der Waals surface area contributed by atoms with E-state index in [1.54, 1.807) is 0 Å². The molecule has 0 saturated carbocycles. The molecule has 0 aliphatic heterocycles. The molecule has 6 rings (SSSR count). The van der Waals surface area contributed by atoms with Gasteiger partial charge < -0.3 is 32.1 Å². The first-order chi connectivity index (χ1) is 33.4. The number of pyridine rings is 2. The monoisotopic (exact) mass is 1100 g/mol. The lowest BCUT2D eigenvalue weighted by Crippen LogP contribution is -3.00. The van der Waals surface area contributed by atoms with Gasteiger partial charge in [0.2, 0.25) is 0 Å². The molecule has 4 aromatic carbocycles. The summed E-state index contributed by atoms with van der Waals surface area (Å²) >= 11 is 0. The van der Waals surface area contributed by atoms with Crippen LogP contribution in [0.3, 0.4) is 0 Å². The summed E-state index contributed by atoms with van der Waals surface area (Å²) in [7, 11) is -0.340. The Labute approximate surface area is 424 Å². The van der Waals surface area contributed by atoms with E-state index in [0.29, 0.717) is 30.4 Å². The maximum atomic E-state index is 13.9. The zero-order valence-electron chi connectivity index (χ0n) is 38.8. The van der Waals surface area contributed by atoms with Crippen LogP contribution in [0.15, 0.2) is 138 Å². The Hall–Kier alpha value is -6.98. The third-order valence-corrected chi connectivity index (χ3v) is 14.4. The van der Waals surface area contributed by atoms with Crippen LogP contribution in [0.4, 0.5) is 26.3 Å². The Morgan fingerprint density at radius 2 is 0.944 bits per heavy atom. The van der Waals surface area contributed by atoms with Crippen molar-refractivity contribution in [3.8, 4) is 23.5 Å². The van der Waals surface area contributed by atoms with Crippen LogP contribution in [-0.4, -0.2) is 74.1 Å². The van der Waals surface area contributed by atoms with Gasteiger partial charge in [-0.1, -0.05) is 12.1 Å². The van der Waals surface area contributed by atoms with E-state index in [-0.39, 0.29) is 83.5 Å². The molecule has 0 bridgehead atoms. The van der Waals surface area contributed by atoms with E-state index in [4.69, 9.17) is 0 Å². The van der Waals surface area contributed by atoms with Crippen molar-refractivity contribution in [2.75, 3.05) is 40.3 Å². The molecule has 0 spiro atoms. The Bertz CT molecular complexity index is 3070. The fourth-order valence-electron chi connectivity index (χ4n) is 7.61. The molecule has 6 aromatic rings. The van der Waals surface area contributed by atoms with Crippen LogP contribution in [-0.2, 0) is 34.0 Å². The molecule has 72 heavy (non-hydrogen) atoms. The summed E-state index contributed by atoms with van der Waals surface area (Å²) in [5.74, 6) is -1.73. The van der Waals surface area contributed by atoms with E-state index in [1.165, 1.54) is 74.5 Å². The van der Waals surface area contributed by atoms with Gasteiger partial charge in [0.15, 0.2) is 0 Å². The molecule has 2 amide bonds. The molecule has 2 N–H and O–H groups in total. The number of hydrogen-bond donors (Lipinski definition) is 2. The number of amides is 2. The molecule has 0 saturated heterocycles. The van der Waals surface area contributed by atoms with Crippen molar-refractivity contribution in [2.45, 2.75) is 58.6 Å². The summed E-state index contributed by atoms with van der Waals surface area (Å²) in [5, 5.41) is 23.8. The van der Waals surface area contributed by atoms with Gasteiger partial charge in [0.05, 0.1) is 93.0 Å². The smallest absolute Gasteiger partial charge is 0.416 e. The van der Waals surface area contributed by atoms with Crippen molar-refractivity contribution in [2.24, 2.45) is 0 Å². The lowest BCUT2D eigenvalue weighted by molar-refractivity contribution is -0.890. The largest absolute Gasteiger partial charge is 1.00 e. The van der Waals surface area contributed by atoms with Crippen LogP contribution < -0.4 is 38.7 Å². The quantitative estimate of drug-likeness (QED) is 0.0792. The number of hydrogen-bond acceptors (Lipinski definition) is 8. The molecule has 13 nitrogen and oxygen atoms in total. The molecular weight excluding hydrogens is 1050 g/mol. The van der Waals surface area contributed by atoms with Gasteiger partial charge in [0.1, 0.15) is 11.1 Å². The van der Waals surface area contributed by atoms with Gasteiger partial charge in [-0.15, -0.1) is 0 Å². The fourth-order valence-corrected chi connectivity index (χ4v) is 10.0. The molecule has 2 heterocycles. The number of nitrogens with zero attached hydrogens (tertiary/aromatic N) is 5. The molecule has 0 aliphatic rings. The second kappa shape index (κ2) is 23.1. The summed E-state index contributed by atoms with van der Waals surface area (Å²) < 4.78 is 112. The zero-order chi connectivity index (χ0) is 52.0. The fraction of sp³-hybridized carbons (Fsp3) is 0.240. The van der Waals surface area contributed by atoms with Gasteiger partial charge in [-0.25, -0.2) is 8.42 Å². The van der Waals surface area contributed by atoms with Gasteiger partial charge in [0, 0.05) is 58.5 Å². The van der Waals surface area contributed by atoms with E-state index in [2.05, 4.69) is 10.6 Å². The first-order valence-corrected chi connectivity index (χ1v) is 23.9. The van der Waals surface area contributed by atoms with E-state index in [0.717, 1.165) is 57.7 Å². The average Bonchev–Trinajstić information content (AvgIpc) is 3.33. The molecule has 2 unspecified atom stereocenters. The number of alkyl halides is 6. The molecule has 0 aliphatic carbocycles. The van der Waals surface area contributed by atoms with Gasteiger partial charge in [-0.05, 0) is 111 Å². The Balaban J connectivity index is 0.00000963. The second-order valence-electron chi connectivity index (χ2n) is 16.8. The summed E-state index contributed by atoms with van der Waals surface area (Å²) in [5.41, 5.74) is -4.76. The van der Waals surface area contributed by atoms with Crippen LogP contribution in [0.2, 0.25) is 0 Å². The van der Waals surface area contributed by atoms with Gasteiger partial charge in [0.25, 0.3) is 22.9 Å². The number of carbonyl (C=O) groups is 2. The predicted molar refractivity (Wildman–Crippen MR) is 251 cm³/mol. The topological polar surface area (TPSA) is 184 Å². The van der Waals surface area contributed by atoms with Crippen molar-refractivity contribution in [1.29, 1.82) is 10.5 Å². The van der Waals surface area contributed by atoms with Crippen molar-refractivity contribution in [1.82, 2.24) is 19.8 Å². The minimum Gasteiger partial charge on any atom is -1.00 e. The Kier molecular flexibility index (Phi) is 17.9. The molecule has 2 atom stereocenters. The van der Waals surface area contributed by atoms with Crippen molar-refractivity contribution >= 4 is 33.4 Å². The number of nitrogens with one attached hydrogen (secondary N) is 2. The third-order valence-electron chi connectivity index (χ3n) is 11.4. The molecule has 376 valence electrons. The number of halogens is 7. The first-order valence-electron chi connectivity index (χ1n) is 21.6. The van der Waals surface area contributed by atoms with E-state index >= 15 is 0 Å². The first kappa shape index (κ1) is 55.9. The average molecular weight is 1100 g/mol. The SMILES string of the molecule is Cc1c(S(=O)c2ccc(C#N)cc2)cc(C(=O)NCCC[N+](C)(C)CCCNC(=O)c2cc(S(=O)c3ccc(C#N)cc3)c(C)n(-c3cccc(C(F)(F)F)c3)c2=O)c(=O)n1-c1cccc(C(F)(F)F)c1.[Br-]. The molecule has 0 radical (unpaired) electrons. The van der Waals surface area contributed by atoms with E-state index < -0.39 is 79.1 Å². The van der Waals surface area contributed by atoms with Crippen molar-refractivity contribution < 1.29 is 65.8 Å².